The first-order valence-electron chi connectivity index (χ1n) is 8.59. The molecule has 0 aliphatic carbocycles. The molecule has 0 aromatic heterocycles. The van der Waals surface area contributed by atoms with Gasteiger partial charge in [-0.2, -0.15) is 5.10 Å². The third-order valence-electron chi connectivity index (χ3n) is 4.38. The van der Waals surface area contributed by atoms with Crippen LogP contribution < -0.4 is 14.9 Å². The average Bonchev–Trinajstić information content (AvgIpc) is 2.93. The van der Waals surface area contributed by atoms with E-state index in [9.17, 15) is 0 Å². The van der Waals surface area contributed by atoms with E-state index in [1.807, 2.05) is 72.8 Å². The van der Waals surface area contributed by atoms with Crippen LogP contribution in [0.4, 0.5) is 5.69 Å². The number of ether oxygens (including phenoxy) is 2. The first-order valence-corrected chi connectivity index (χ1v) is 8.59. The van der Waals surface area contributed by atoms with Gasteiger partial charge in [-0.3, -0.25) is 5.43 Å². The number of fused-ring (bicyclic) bond motifs is 1. The van der Waals surface area contributed by atoms with Gasteiger partial charge in [-0.1, -0.05) is 30.3 Å². The Morgan fingerprint density at radius 3 is 2.15 bits per heavy atom. The Hall–Kier alpha value is -3.60. The molecule has 1 aliphatic heterocycles. The van der Waals surface area contributed by atoms with Crippen molar-refractivity contribution in [3.05, 3.63) is 89.5 Å². The average molecular weight is 357 g/mol. The molecule has 27 heavy (non-hydrogen) atoms. The zero-order chi connectivity index (χ0) is 18.6. The summed E-state index contributed by atoms with van der Waals surface area (Å²) in [5.41, 5.74) is 7.61. The van der Waals surface area contributed by atoms with E-state index < -0.39 is 0 Å². The summed E-state index contributed by atoms with van der Waals surface area (Å²) >= 11 is 0. The highest BCUT2D eigenvalue weighted by Crippen LogP contribution is 2.29. The number of hydrogen-bond acceptors (Lipinski definition) is 5. The minimum Gasteiger partial charge on any atom is -0.497 e. The number of methoxy groups -OCH3 is 2. The van der Waals surface area contributed by atoms with Crippen LogP contribution in [0.15, 0.2) is 82.9 Å². The molecule has 0 unspecified atom stereocenters. The van der Waals surface area contributed by atoms with Gasteiger partial charge < -0.3 is 9.47 Å². The Morgan fingerprint density at radius 1 is 0.741 bits per heavy atom. The van der Waals surface area contributed by atoms with Crippen molar-refractivity contribution in [1.29, 1.82) is 0 Å². The Morgan fingerprint density at radius 2 is 1.44 bits per heavy atom. The predicted octanol–water partition coefficient (Wildman–Crippen LogP) is 4.14. The minimum atomic E-state index is 0.676. The van der Waals surface area contributed by atoms with Gasteiger partial charge in [0.05, 0.1) is 19.9 Å². The maximum absolute atomic E-state index is 5.40. The molecule has 0 amide bonds. The molecule has 1 aliphatic rings. The lowest BCUT2D eigenvalue weighted by Gasteiger charge is -2.09. The second-order valence-electron chi connectivity index (χ2n) is 6.01. The van der Waals surface area contributed by atoms with Gasteiger partial charge in [-0.15, -0.1) is 0 Å². The van der Waals surface area contributed by atoms with Gasteiger partial charge >= 0.3 is 0 Å². The standard InChI is InChI=1S/C22H19N3O2/c1-26-17-10-8-16(9-11-17)22-23-20-13-12-18(27-2)14-19(20)21(24-25-22)15-6-4-3-5-7-15/h3-14H,1-2H3,(H,23,25). The van der Waals surface area contributed by atoms with Gasteiger partial charge in [0.15, 0.2) is 5.84 Å². The van der Waals surface area contributed by atoms with Crippen molar-refractivity contribution in [2.45, 2.75) is 0 Å². The van der Waals surface area contributed by atoms with Gasteiger partial charge in [0.1, 0.15) is 17.2 Å². The summed E-state index contributed by atoms with van der Waals surface area (Å²) in [4.78, 5) is 4.81. The molecule has 0 saturated carbocycles. The highest BCUT2D eigenvalue weighted by atomic mass is 16.5. The van der Waals surface area contributed by atoms with Crippen LogP contribution in [-0.4, -0.2) is 25.8 Å². The maximum Gasteiger partial charge on any atom is 0.154 e. The summed E-state index contributed by atoms with van der Waals surface area (Å²) < 4.78 is 10.6. The lowest BCUT2D eigenvalue weighted by molar-refractivity contribution is 0.414. The topological polar surface area (TPSA) is 55.2 Å². The van der Waals surface area contributed by atoms with Crippen molar-refractivity contribution in [1.82, 2.24) is 5.43 Å². The van der Waals surface area contributed by atoms with E-state index in [1.165, 1.54) is 0 Å². The molecule has 0 radical (unpaired) electrons. The highest BCUT2D eigenvalue weighted by molar-refractivity contribution is 6.18. The highest BCUT2D eigenvalue weighted by Gasteiger charge is 2.18. The molecule has 5 nitrogen and oxygen atoms in total. The number of rotatable bonds is 4. The molecule has 1 heterocycles. The molecular weight excluding hydrogens is 338 g/mol. The number of nitrogens with zero attached hydrogens (tertiary/aromatic N) is 2. The first-order chi connectivity index (χ1) is 13.3. The molecule has 134 valence electrons. The molecule has 3 aromatic rings. The second kappa shape index (κ2) is 7.33. The van der Waals surface area contributed by atoms with Crippen LogP contribution in [-0.2, 0) is 0 Å². The van der Waals surface area contributed by atoms with Crippen LogP contribution in [0.1, 0.15) is 16.7 Å². The van der Waals surface area contributed by atoms with Crippen LogP contribution in [0, 0.1) is 0 Å². The van der Waals surface area contributed by atoms with Crippen molar-refractivity contribution in [3.63, 3.8) is 0 Å². The van der Waals surface area contributed by atoms with Crippen LogP contribution >= 0.6 is 0 Å². The van der Waals surface area contributed by atoms with Crippen LogP contribution in [0.2, 0.25) is 0 Å². The number of benzene rings is 3. The first kappa shape index (κ1) is 16.8. The van der Waals surface area contributed by atoms with Crippen molar-refractivity contribution in [2.24, 2.45) is 10.1 Å². The summed E-state index contributed by atoms with van der Waals surface area (Å²) in [6.45, 7) is 0. The SMILES string of the molecule is COc1ccc(C2=Nc3ccc(OC)cc3C(c3ccccc3)=NN2)cc1. The van der Waals surface area contributed by atoms with Crippen molar-refractivity contribution >= 4 is 17.2 Å². The largest absolute Gasteiger partial charge is 0.497 e. The summed E-state index contributed by atoms with van der Waals surface area (Å²) in [6, 6.07) is 23.6. The molecule has 3 aromatic carbocycles. The predicted molar refractivity (Wildman–Crippen MR) is 107 cm³/mol. The van der Waals surface area contributed by atoms with E-state index in [0.717, 1.165) is 39.6 Å². The normalized spacial score (nSPS) is 12.8. The van der Waals surface area contributed by atoms with Gasteiger partial charge in [-0.25, -0.2) is 4.99 Å². The van der Waals surface area contributed by atoms with Crippen LogP contribution in [0.5, 0.6) is 11.5 Å². The maximum atomic E-state index is 5.40. The van der Waals surface area contributed by atoms with E-state index >= 15 is 0 Å². The monoisotopic (exact) mass is 357 g/mol. The molecule has 1 N–H and O–H groups in total. The van der Waals surface area contributed by atoms with Crippen molar-refractivity contribution in [2.75, 3.05) is 14.2 Å². The van der Waals surface area contributed by atoms with E-state index in [2.05, 4.69) is 10.5 Å². The Kier molecular flexibility index (Phi) is 4.58. The lowest BCUT2D eigenvalue weighted by Crippen LogP contribution is -2.19. The van der Waals surface area contributed by atoms with Gasteiger partial charge in [0.25, 0.3) is 0 Å². The van der Waals surface area contributed by atoms with Crippen molar-refractivity contribution < 1.29 is 9.47 Å². The third kappa shape index (κ3) is 3.40. The molecular formula is C22H19N3O2. The zero-order valence-electron chi connectivity index (χ0n) is 15.1. The molecule has 0 spiro atoms. The Bertz CT molecular complexity index is 1010. The third-order valence-corrected chi connectivity index (χ3v) is 4.38. The second-order valence-corrected chi connectivity index (χ2v) is 6.01. The van der Waals surface area contributed by atoms with Gasteiger partial charge in [0, 0.05) is 16.7 Å². The number of hydrogen-bond donors (Lipinski definition) is 1. The smallest absolute Gasteiger partial charge is 0.154 e. The summed E-state index contributed by atoms with van der Waals surface area (Å²) in [7, 11) is 3.30. The molecule has 0 saturated heterocycles. The fourth-order valence-corrected chi connectivity index (χ4v) is 2.94. The number of hydrazone groups is 1. The molecule has 0 bridgehead atoms. The molecule has 5 heteroatoms. The van der Waals surface area contributed by atoms with Crippen molar-refractivity contribution in [3.8, 4) is 11.5 Å². The van der Waals surface area contributed by atoms with Crippen LogP contribution in [0.25, 0.3) is 0 Å². The van der Waals surface area contributed by atoms with E-state index in [-0.39, 0.29) is 0 Å². The summed E-state index contributed by atoms with van der Waals surface area (Å²) in [6.07, 6.45) is 0. The van der Waals surface area contributed by atoms with Gasteiger partial charge in [0.2, 0.25) is 0 Å². The fourth-order valence-electron chi connectivity index (χ4n) is 2.94. The summed E-state index contributed by atoms with van der Waals surface area (Å²) in [5, 5.41) is 4.66. The number of nitrogens with one attached hydrogen (secondary N) is 1. The number of amidine groups is 1. The molecule has 0 atom stereocenters. The quantitative estimate of drug-likeness (QED) is 0.764. The van der Waals surface area contributed by atoms with Gasteiger partial charge in [-0.05, 0) is 42.5 Å². The van der Waals surface area contributed by atoms with E-state index in [0.29, 0.717) is 5.84 Å². The summed E-state index contributed by atoms with van der Waals surface area (Å²) in [5.74, 6) is 2.24. The van der Waals surface area contributed by atoms with E-state index in [1.54, 1.807) is 14.2 Å². The molecule has 4 rings (SSSR count). The fraction of sp³-hybridized carbons (Fsp3) is 0.0909. The van der Waals surface area contributed by atoms with E-state index in [4.69, 9.17) is 14.5 Å². The lowest BCUT2D eigenvalue weighted by atomic mass is 10.0. The molecule has 0 fully saturated rings. The number of aliphatic imine (C=N–C) groups is 1. The Balaban J connectivity index is 1.83. The minimum absolute atomic E-state index is 0.676. The zero-order valence-corrected chi connectivity index (χ0v) is 15.1. The Labute approximate surface area is 158 Å². The van der Waals surface area contributed by atoms with Crippen LogP contribution in [0.3, 0.4) is 0 Å².